The van der Waals surface area contributed by atoms with Crippen LogP contribution in [-0.4, -0.2) is 23.5 Å². The van der Waals surface area contributed by atoms with Crippen LogP contribution >= 0.6 is 12.2 Å². The molecule has 0 aliphatic heterocycles. The minimum Gasteiger partial charge on any atom is -0.493 e. The lowest BCUT2D eigenvalue weighted by molar-refractivity contribution is -0.137. The van der Waals surface area contributed by atoms with E-state index in [0.717, 1.165) is 24.1 Å². The van der Waals surface area contributed by atoms with Crippen molar-refractivity contribution in [2.45, 2.75) is 12.6 Å². The van der Waals surface area contributed by atoms with E-state index in [1.54, 1.807) is 36.4 Å². The predicted octanol–water partition coefficient (Wildman–Crippen LogP) is 6.71. The van der Waals surface area contributed by atoms with Crippen molar-refractivity contribution in [3.63, 3.8) is 0 Å². The third kappa shape index (κ3) is 8.15. The zero-order valence-corrected chi connectivity index (χ0v) is 21.8. The van der Waals surface area contributed by atoms with E-state index in [9.17, 15) is 22.8 Å². The van der Waals surface area contributed by atoms with Gasteiger partial charge in [-0.15, -0.1) is 0 Å². The number of benzene rings is 4. The zero-order valence-electron chi connectivity index (χ0n) is 21.0. The molecule has 3 N–H and O–H groups in total. The van der Waals surface area contributed by atoms with Crippen molar-refractivity contribution < 1.29 is 27.5 Å². The van der Waals surface area contributed by atoms with Gasteiger partial charge >= 0.3 is 6.18 Å². The van der Waals surface area contributed by atoms with Crippen LogP contribution in [0.3, 0.4) is 0 Å². The fraction of sp³-hybridized carbons (Fsp3) is 0.100. The predicted molar refractivity (Wildman–Crippen MR) is 152 cm³/mol. The Hall–Kier alpha value is -4.70. The van der Waals surface area contributed by atoms with Crippen LogP contribution in [-0.2, 0) is 12.6 Å². The number of amides is 2. The number of ether oxygens (including phenoxy) is 1. The number of halogens is 3. The highest BCUT2D eigenvalue weighted by atomic mass is 32.1. The standard InChI is InChI=1S/C30H24F3N3O3S/c31-30(32,33)23-9-5-10-25(19-23)34-27(37)21-12-14-24(15-13-21)35-29(40)36-28(38)22-8-4-11-26(18-22)39-17-16-20-6-2-1-3-7-20/h1-15,18-19H,16-17H2,(H,34,37)(H2,35,36,38,40). The van der Waals surface area contributed by atoms with Gasteiger partial charge in [0.2, 0.25) is 0 Å². The SMILES string of the molecule is O=C(NC(=S)Nc1ccc(C(=O)Nc2cccc(C(F)(F)F)c2)cc1)c1cccc(OCCc2ccccc2)c1. The lowest BCUT2D eigenvalue weighted by Crippen LogP contribution is -2.34. The number of anilines is 2. The third-order valence-electron chi connectivity index (χ3n) is 5.68. The molecule has 0 bridgehead atoms. The summed E-state index contributed by atoms with van der Waals surface area (Å²) in [6, 6.07) is 27.1. The molecule has 0 saturated carbocycles. The van der Waals surface area contributed by atoms with Crippen LogP contribution in [0.25, 0.3) is 0 Å². The minimum absolute atomic E-state index is 0.0246. The molecule has 4 aromatic rings. The Morgan fingerprint density at radius 2 is 1.45 bits per heavy atom. The Balaban J connectivity index is 1.28. The first-order valence-corrected chi connectivity index (χ1v) is 12.6. The van der Waals surface area contributed by atoms with Gasteiger partial charge in [-0.2, -0.15) is 13.2 Å². The van der Waals surface area contributed by atoms with E-state index in [0.29, 0.717) is 23.6 Å². The number of hydrogen-bond donors (Lipinski definition) is 3. The molecule has 0 aliphatic rings. The van der Waals surface area contributed by atoms with E-state index in [-0.39, 0.29) is 16.4 Å². The zero-order chi connectivity index (χ0) is 28.5. The number of carbonyl (C=O) groups is 2. The summed E-state index contributed by atoms with van der Waals surface area (Å²) in [6.07, 6.45) is -3.78. The van der Waals surface area contributed by atoms with Gasteiger partial charge in [0.15, 0.2) is 5.11 Å². The van der Waals surface area contributed by atoms with Crippen LogP contribution in [0.4, 0.5) is 24.5 Å². The molecule has 4 aromatic carbocycles. The molecular weight excluding hydrogens is 539 g/mol. The van der Waals surface area contributed by atoms with Crippen molar-refractivity contribution >= 4 is 40.5 Å². The monoisotopic (exact) mass is 563 g/mol. The number of alkyl halides is 3. The van der Waals surface area contributed by atoms with Gasteiger partial charge in [-0.3, -0.25) is 14.9 Å². The topological polar surface area (TPSA) is 79.5 Å². The molecule has 0 unspecified atom stereocenters. The molecule has 40 heavy (non-hydrogen) atoms. The summed E-state index contributed by atoms with van der Waals surface area (Å²) in [4.78, 5) is 25.1. The maximum atomic E-state index is 12.9. The van der Waals surface area contributed by atoms with E-state index < -0.39 is 23.6 Å². The molecule has 0 atom stereocenters. The summed E-state index contributed by atoms with van der Waals surface area (Å²) < 4.78 is 44.5. The summed E-state index contributed by atoms with van der Waals surface area (Å²) in [5.41, 5.74) is 1.40. The van der Waals surface area contributed by atoms with Crippen LogP contribution in [0.5, 0.6) is 5.75 Å². The van der Waals surface area contributed by atoms with E-state index >= 15 is 0 Å². The second-order valence-corrected chi connectivity index (χ2v) is 9.04. The second kappa shape index (κ2) is 12.9. The molecule has 2 amide bonds. The van der Waals surface area contributed by atoms with Crippen LogP contribution in [0.2, 0.25) is 0 Å². The minimum atomic E-state index is -4.51. The smallest absolute Gasteiger partial charge is 0.416 e. The van der Waals surface area contributed by atoms with Gasteiger partial charge in [-0.05, 0) is 78.4 Å². The Bertz CT molecular complexity index is 1490. The van der Waals surface area contributed by atoms with Crippen LogP contribution in [0.1, 0.15) is 31.8 Å². The largest absolute Gasteiger partial charge is 0.493 e. The molecule has 0 spiro atoms. The molecule has 0 fully saturated rings. The fourth-order valence-corrected chi connectivity index (χ4v) is 3.89. The number of rotatable bonds is 8. The Kier molecular flexibility index (Phi) is 9.13. The highest BCUT2D eigenvalue weighted by Crippen LogP contribution is 2.30. The van der Waals surface area contributed by atoms with Crippen LogP contribution in [0.15, 0.2) is 103 Å². The maximum Gasteiger partial charge on any atom is 0.416 e. The fourth-order valence-electron chi connectivity index (χ4n) is 3.68. The first-order chi connectivity index (χ1) is 19.2. The van der Waals surface area contributed by atoms with Crippen molar-refractivity contribution in [3.05, 3.63) is 125 Å². The van der Waals surface area contributed by atoms with Gasteiger partial charge in [0.05, 0.1) is 12.2 Å². The van der Waals surface area contributed by atoms with Gasteiger partial charge in [0, 0.05) is 28.9 Å². The van der Waals surface area contributed by atoms with Gasteiger partial charge in [0.25, 0.3) is 11.8 Å². The van der Waals surface area contributed by atoms with Crippen molar-refractivity contribution in [3.8, 4) is 5.75 Å². The average molecular weight is 564 g/mol. The number of thiocarbonyl (C=S) groups is 1. The van der Waals surface area contributed by atoms with E-state index in [1.165, 1.54) is 24.3 Å². The normalized spacial score (nSPS) is 10.9. The van der Waals surface area contributed by atoms with Crippen molar-refractivity contribution in [2.24, 2.45) is 0 Å². The first kappa shape index (κ1) is 28.3. The molecule has 0 radical (unpaired) electrons. The lowest BCUT2D eigenvalue weighted by atomic mass is 10.1. The van der Waals surface area contributed by atoms with Crippen LogP contribution in [0, 0.1) is 0 Å². The second-order valence-electron chi connectivity index (χ2n) is 8.63. The number of nitrogens with one attached hydrogen (secondary N) is 3. The Labute approximate surface area is 234 Å². The summed E-state index contributed by atoms with van der Waals surface area (Å²) in [7, 11) is 0. The highest BCUT2D eigenvalue weighted by molar-refractivity contribution is 7.80. The number of carbonyl (C=O) groups excluding carboxylic acids is 2. The van der Waals surface area contributed by atoms with Gasteiger partial charge < -0.3 is 15.4 Å². The molecule has 6 nitrogen and oxygen atoms in total. The first-order valence-electron chi connectivity index (χ1n) is 12.2. The van der Waals surface area contributed by atoms with Crippen molar-refractivity contribution in [1.29, 1.82) is 0 Å². The molecule has 204 valence electrons. The maximum absolute atomic E-state index is 12.9. The molecule has 0 heterocycles. The van der Waals surface area contributed by atoms with Crippen molar-refractivity contribution in [1.82, 2.24) is 5.32 Å². The van der Waals surface area contributed by atoms with Gasteiger partial charge in [-0.25, -0.2) is 0 Å². The molecule has 0 aromatic heterocycles. The molecule has 0 aliphatic carbocycles. The molecular formula is C30H24F3N3O3S. The summed E-state index contributed by atoms with van der Waals surface area (Å²) in [6.45, 7) is 0.461. The van der Waals surface area contributed by atoms with Gasteiger partial charge in [0.1, 0.15) is 5.75 Å². The lowest BCUT2D eigenvalue weighted by Gasteiger charge is -2.12. The van der Waals surface area contributed by atoms with Gasteiger partial charge in [-0.1, -0.05) is 42.5 Å². The highest BCUT2D eigenvalue weighted by Gasteiger charge is 2.30. The summed E-state index contributed by atoms with van der Waals surface area (Å²) >= 11 is 5.24. The Morgan fingerprint density at radius 3 is 2.17 bits per heavy atom. The van der Waals surface area contributed by atoms with E-state index in [4.69, 9.17) is 17.0 Å². The number of hydrogen-bond acceptors (Lipinski definition) is 4. The molecule has 4 rings (SSSR count). The van der Waals surface area contributed by atoms with Crippen molar-refractivity contribution in [2.75, 3.05) is 17.2 Å². The summed E-state index contributed by atoms with van der Waals surface area (Å²) in [5.74, 6) is -0.447. The third-order valence-corrected chi connectivity index (χ3v) is 5.88. The van der Waals surface area contributed by atoms with E-state index in [1.807, 2.05) is 30.3 Å². The van der Waals surface area contributed by atoms with E-state index in [2.05, 4.69) is 16.0 Å². The molecule has 10 heteroatoms. The summed E-state index contributed by atoms with van der Waals surface area (Å²) in [5, 5.41) is 7.95. The average Bonchev–Trinajstić information content (AvgIpc) is 2.94. The quantitative estimate of drug-likeness (QED) is 0.208. The van der Waals surface area contributed by atoms with Crippen LogP contribution < -0.4 is 20.7 Å². The molecule has 0 saturated heterocycles. The Morgan fingerprint density at radius 1 is 0.725 bits per heavy atom.